The van der Waals surface area contributed by atoms with Gasteiger partial charge in [0.1, 0.15) is 6.04 Å². The molecule has 0 unspecified atom stereocenters. The maximum Gasteiger partial charge on any atom is 0.329 e. The first kappa shape index (κ1) is 28.3. The van der Waals surface area contributed by atoms with Crippen LogP contribution in [0.3, 0.4) is 0 Å². The topological polar surface area (TPSA) is 81.2 Å². The molecule has 3 aliphatic rings. The standard InChI is InChI=1S/C38H33N3O4/c42-36(35(29-13-3-1-4-14-29)30-15-5-2-6-16-30)40-24-31(23-26-19-20-26)39(25-34(40)37(43)44)38(45)41-32-17-9-7-11-27(32)21-22-28-12-8-10-18-33(28)41/h1-19,21-22,31,34-35H,20,23-25H2,(H,43,44)/t31-,34-/m1/s1. The predicted molar refractivity (Wildman–Crippen MR) is 175 cm³/mol. The van der Waals surface area contributed by atoms with E-state index >= 15 is 0 Å². The van der Waals surface area contributed by atoms with Gasteiger partial charge in [-0.3, -0.25) is 9.69 Å². The summed E-state index contributed by atoms with van der Waals surface area (Å²) in [5.74, 6) is -2.09. The summed E-state index contributed by atoms with van der Waals surface area (Å²) in [6.45, 7) is -0.00710. The number of allylic oxidation sites excluding steroid dienone is 1. The summed E-state index contributed by atoms with van der Waals surface area (Å²) in [5, 5.41) is 10.6. The Bertz CT molecular complexity index is 1730. The molecule has 0 spiro atoms. The highest BCUT2D eigenvalue weighted by molar-refractivity contribution is 6.06. The van der Waals surface area contributed by atoms with Gasteiger partial charge < -0.3 is 14.9 Å². The van der Waals surface area contributed by atoms with Crippen LogP contribution in [0.15, 0.2) is 121 Å². The van der Waals surface area contributed by atoms with Gasteiger partial charge in [0.2, 0.25) is 5.91 Å². The van der Waals surface area contributed by atoms with Gasteiger partial charge in [-0.2, -0.15) is 0 Å². The molecule has 2 aliphatic heterocycles. The fourth-order valence-electron chi connectivity index (χ4n) is 6.53. The summed E-state index contributed by atoms with van der Waals surface area (Å²) >= 11 is 0. The lowest BCUT2D eigenvalue weighted by molar-refractivity contribution is -0.154. The Labute approximate surface area is 262 Å². The first-order chi connectivity index (χ1) is 22.0. The number of anilines is 2. The molecule has 224 valence electrons. The minimum Gasteiger partial charge on any atom is -0.480 e. The summed E-state index contributed by atoms with van der Waals surface area (Å²) < 4.78 is 0. The number of amides is 3. The lowest BCUT2D eigenvalue weighted by Gasteiger charge is -2.47. The van der Waals surface area contributed by atoms with Crippen LogP contribution in [-0.2, 0) is 9.59 Å². The fourth-order valence-corrected chi connectivity index (χ4v) is 6.53. The van der Waals surface area contributed by atoms with Crippen LogP contribution in [0.1, 0.15) is 41.0 Å². The zero-order chi connectivity index (χ0) is 30.9. The number of hydrogen-bond donors (Lipinski definition) is 1. The molecule has 2 atom stereocenters. The number of carbonyl (C=O) groups excluding carboxylic acids is 2. The average Bonchev–Trinajstić information content (AvgIpc) is 3.91. The molecule has 7 rings (SSSR count). The van der Waals surface area contributed by atoms with E-state index in [9.17, 15) is 19.5 Å². The second kappa shape index (κ2) is 11.9. The van der Waals surface area contributed by atoms with Crippen molar-refractivity contribution in [3.63, 3.8) is 0 Å². The second-order valence-electron chi connectivity index (χ2n) is 11.7. The number of rotatable bonds is 6. The van der Waals surface area contributed by atoms with Gasteiger partial charge in [-0.15, -0.1) is 0 Å². The first-order valence-electron chi connectivity index (χ1n) is 15.3. The smallest absolute Gasteiger partial charge is 0.329 e. The van der Waals surface area contributed by atoms with E-state index in [2.05, 4.69) is 6.08 Å². The van der Waals surface area contributed by atoms with E-state index in [-0.39, 0.29) is 25.0 Å². The Kier molecular flexibility index (Phi) is 7.51. The van der Waals surface area contributed by atoms with Gasteiger partial charge in [0.15, 0.2) is 0 Å². The molecule has 4 aromatic carbocycles. The summed E-state index contributed by atoms with van der Waals surface area (Å²) in [6, 6.07) is 32.5. The molecule has 2 heterocycles. The van der Waals surface area contributed by atoms with Crippen LogP contribution >= 0.6 is 0 Å². The number of aliphatic carboxylic acids is 1. The number of fused-ring (bicyclic) bond motifs is 2. The molecule has 0 radical (unpaired) electrons. The minimum absolute atomic E-state index is 0.116. The van der Waals surface area contributed by atoms with Gasteiger partial charge in [0.25, 0.3) is 0 Å². The van der Waals surface area contributed by atoms with E-state index in [1.165, 1.54) is 10.5 Å². The van der Waals surface area contributed by atoms with Crippen molar-refractivity contribution in [3.05, 3.63) is 143 Å². The lowest BCUT2D eigenvalue weighted by atomic mass is 9.88. The van der Waals surface area contributed by atoms with E-state index in [4.69, 9.17) is 0 Å². The van der Waals surface area contributed by atoms with E-state index in [0.717, 1.165) is 40.0 Å². The van der Waals surface area contributed by atoms with E-state index < -0.39 is 24.0 Å². The quantitative estimate of drug-likeness (QED) is 0.245. The number of benzene rings is 4. The largest absolute Gasteiger partial charge is 0.480 e. The van der Waals surface area contributed by atoms with Crippen LogP contribution in [-0.4, -0.2) is 58.0 Å². The Morgan fingerprint density at radius 3 is 1.71 bits per heavy atom. The summed E-state index contributed by atoms with van der Waals surface area (Å²) in [6.07, 6.45) is 7.56. The first-order valence-corrected chi connectivity index (χ1v) is 15.3. The second-order valence-corrected chi connectivity index (χ2v) is 11.7. The number of para-hydroxylation sites is 2. The summed E-state index contributed by atoms with van der Waals surface area (Å²) in [5.41, 5.74) is 6.03. The van der Waals surface area contributed by atoms with Gasteiger partial charge in [-0.1, -0.05) is 121 Å². The Balaban J connectivity index is 1.28. The fraction of sp³-hybridized carbons (Fsp3) is 0.184. The van der Waals surface area contributed by atoms with E-state index in [1.807, 2.05) is 121 Å². The molecule has 1 fully saturated rings. The number of hydrogen-bond acceptors (Lipinski definition) is 3. The van der Waals surface area contributed by atoms with Gasteiger partial charge in [0, 0.05) is 6.54 Å². The Morgan fingerprint density at radius 1 is 0.689 bits per heavy atom. The minimum atomic E-state index is -1.21. The molecule has 0 bridgehead atoms. The SMILES string of the molecule is O=C(O)[C@H]1CN(C(=O)N2c3ccccc3C=Cc3ccccc32)[C@H](CC2=CC2)CN1C(=O)C(c1ccccc1)c1ccccc1. The monoisotopic (exact) mass is 595 g/mol. The third kappa shape index (κ3) is 5.53. The molecule has 45 heavy (non-hydrogen) atoms. The molecular weight excluding hydrogens is 562 g/mol. The highest BCUT2D eigenvalue weighted by Gasteiger charge is 2.46. The van der Waals surface area contributed by atoms with E-state index in [0.29, 0.717) is 6.42 Å². The number of carbonyl (C=O) groups is 3. The molecule has 1 N–H and O–H groups in total. The van der Waals surface area contributed by atoms with Crippen molar-refractivity contribution in [2.24, 2.45) is 0 Å². The van der Waals surface area contributed by atoms with Crippen molar-refractivity contribution in [1.29, 1.82) is 0 Å². The average molecular weight is 596 g/mol. The molecule has 7 heteroatoms. The summed E-state index contributed by atoms with van der Waals surface area (Å²) in [4.78, 5) is 47.1. The highest BCUT2D eigenvalue weighted by Crippen LogP contribution is 2.39. The van der Waals surface area contributed by atoms with Crippen LogP contribution < -0.4 is 4.90 Å². The molecule has 7 nitrogen and oxygen atoms in total. The van der Waals surface area contributed by atoms with Crippen LogP contribution in [0.5, 0.6) is 0 Å². The van der Waals surface area contributed by atoms with Crippen LogP contribution in [0, 0.1) is 0 Å². The van der Waals surface area contributed by atoms with Crippen molar-refractivity contribution in [2.45, 2.75) is 30.8 Å². The highest BCUT2D eigenvalue weighted by atomic mass is 16.4. The van der Waals surface area contributed by atoms with Crippen LogP contribution in [0.25, 0.3) is 12.2 Å². The van der Waals surface area contributed by atoms with Gasteiger partial charge in [0.05, 0.1) is 29.9 Å². The van der Waals surface area contributed by atoms with Crippen LogP contribution in [0.4, 0.5) is 16.2 Å². The molecule has 1 saturated heterocycles. The van der Waals surface area contributed by atoms with Crippen molar-refractivity contribution in [3.8, 4) is 0 Å². The zero-order valence-electron chi connectivity index (χ0n) is 24.7. The number of carboxylic acid groups (broad SMARTS) is 1. The van der Waals surface area contributed by atoms with Crippen molar-refractivity contribution in [1.82, 2.24) is 9.80 Å². The summed E-state index contributed by atoms with van der Waals surface area (Å²) in [7, 11) is 0. The molecule has 0 saturated carbocycles. The number of piperazine rings is 1. The number of carboxylic acids is 1. The van der Waals surface area contributed by atoms with Gasteiger partial charge in [-0.25, -0.2) is 9.59 Å². The third-order valence-electron chi connectivity index (χ3n) is 8.90. The van der Waals surface area contributed by atoms with Crippen molar-refractivity contribution >= 4 is 41.4 Å². The molecule has 0 aromatic heterocycles. The molecule has 1 aliphatic carbocycles. The molecular formula is C38H33N3O4. The maximum absolute atomic E-state index is 14.8. The lowest BCUT2D eigenvalue weighted by Crippen LogP contribution is -2.65. The predicted octanol–water partition coefficient (Wildman–Crippen LogP) is 6.95. The molecule has 4 aromatic rings. The van der Waals surface area contributed by atoms with Crippen LogP contribution in [0.2, 0.25) is 0 Å². The number of nitrogens with zero attached hydrogens (tertiary/aromatic N) is 3. The zero-order valence-corrected chi connectivity index (χ0v) is 24.7. The van der Waals surface area contributed by atoms with E-state index in [1.54, 1.807) is 9.80 Å². The normalized spacial score (nSPS) is 18.5. The molecule has 3 amide bonds. The third-order valence-corrected chi connectivity index (χ3v) is 8.90. The Morgan fingerprint density at radius 2 is 1.20 bits per heavy atom. The van der Waals surface area contributed by atoms with Gasteiger partial charge >= 0.3 is 12.0 Å². The Hall–Kier alpha value is -5.43. The maximum atomic E-state index is 14.8. The van der Waals surface area contributed by atoms with Crippen molar-refractivity contribution in [2.75, 3.05) is 18.0 Å². The number of urea groups is 1. The van der Waals surface area contributed by atoms with Gasteiger partial charge in [-0.05, 0) is 47.2 Å². The van der Waals surface area contributed by atoms with Crippen molar-refractivity contribution < 1.29 is 19.5 Å².